The molecule has 27 heavy (non-hydrogen) atoms. The van der Waals surface area contributed by atoms with E-state index in [0.29, 0.717) is 33.7 Å². The van der Waals surface area contributed by atoms with Crippen LogP contribution in [0.1, 0.15) is 26.6 Å². The quantitative estimate of drug-likeness (QED) is 0.572. The van der Waals surface area contributed by atoms with E-state index in [-0.39, 0.29) is 11.7 Å². The van der Waals surface area contributed by atoms with Gasteiger partial charge in [-0.25, -0.2) is 4.39 Å². The Morgan fingerprint density at radius 1 is 1.11 bits per heavy atom. The summed E-state index contributed by atoms with van der Waals surface area (Å²) in [4.78, 5) is 17.0. The summed E-state index contributed by atoms with van der Waals surface area (Å²) in [6.07, 6.45) is 0.663. The number of hydrogen-bond donors (Lipinski definition) is 1. The van der Waals surface area contributed by atoms with Gasteiger partial charge in [0.2, 0.25) is 5.13 Å². The minimum Gasteiger partial charge on any atom is -0.296 e. The van der Waals surface area contributed by atoms with Gasteiger partial charge in [0, 0.05) is 17.9 Å². The second-order valence-corrected chi connectivity index (χ2v) is 7.14. The van der Waals surface area contributed by atoms with E-state index in [1.54, 1.807) is 19.1 Å². The molecule has 7 heteroatoms. The molecule has 2 aromatic heterocycles. The van der Waals surface area contributed by atoms with E-state index in [9.17, 15) is 9.18 Å². The van der Waals surface area contributed by atoms with Gasteiger partial charge in [0.25, 0.3) is 5.91 Å². The number of anilines is 1. The Morgan fingerprint density at radius 2 is 1.93 bits per heavy atom. The Hall–Kier alpha value is -3.19. The number of carbonyl (C=O) groups is 1. The summed E-state index contributed by atoms with van der Waals surface area (Å²) in [7, 11) is 0. The molecule has 5 nitrogen and oxygen atoms in total. The maximum atomic E-state index is 13.3. The first-order valence-electron chi connectivity index (χ1n) is 8.33. The molecule has 2 aromatic carbocycles. The molecule has 0 saturated heterocycles. The monoisotopic (exact) mass is 378 g/mol. The number of halogens is 1. The lowest BCUT2D eigenvalue weighted by atomic mass is 10.1. The van der Waals surface area contributed by atoms with Crippen molar-refractivity contribution in [2.24, 2.45) is 0 Å². The lowest BCUT2D eigenvalue weighted by Crippen LogP contribution is -2.14. The number of rotatable bonds is 4. The minimum absolute atomic E-state index is 0.311. The molecule has 0 saturated carbocycles. The first-order chi connectivity index (χ1) is 13.1. The molecule has 1 N–H and O–H groups in total. The number of nitrogens with zero attached hydrogens (tertiary/aromatic N) is 3. The normalized spacial score (nSPS) is 10.9. The van der Waals surface area contributed by atoms with Crippen LogP contribution in [0.2, 0.25) is 0 Å². The van der Waals surface area contributed by atoms with Gasteiger partial charge in [-0.15, -0.1) is 10.2 Å². The number of fused-ring (bicyclic) bond motifs is 1. The SMILES string of the molecule is Cc1nc2cc(F)ccc2cc1C(=O)Nc1nnc(Cc2ccccc2)s1. The third-order valence-electron chi connectivity index (χ3n) is 4.10. The third kappa shape index (κ3) is 3.83. The Kier molecular flexibility index (Phi) is 4.60. The van der Waals surface area contributed by atoms with Crippen LogP contribution in [0.3, 0.4) is 0 Å². The molecule has 0 fully saturated rings. The average Bonchev–Trinajstić information content (AvgIpc) is 3.08. The summed E-state index contributed by atoms with van der Waals surface area (Å²) in [5.41, 5.74) is 2.60. The standard InChI is InChI=1S/C20H15FN4OS/c1-12-16(10-14-7-8-15(21)11-17(14)22-12)19(26)23-20-25-24-18(27-20)9-13-5-3-2-4-6-13/h2-8,10-11H,9H2,1H3,(H,23,25,26). The fourth-order valence-corrected chi connectivity index (χ4v) is 3.55. The Balaban J connectivity index is 1.53. The van der Waals surface area contributed by atoms with E-state index in [2.05, 4.69) is 20.5 Å². The topological polar surface area (TPSA) is 67.8 Å². The predicted molar refractivity (Wildman–Crippen MR) is 104 cm³/mol. The summed E-state index contributed by atoms with van der Waals surface area (Å²) in [6, 6.07) is 16.0. The lowest BCUT2D eigenvalue weighted by Gasteiger charge is -2.07. The van der Waals surface area contributed by atoms with Gasteiger partial charge in [-0.05, 0) is 30.7 Å². The zero-order chi connectivity index (χ0) is 18.8. The summed E-state index contributed by atoms with van der Waals surface area (Å²) >= 11 is 1.34. The van der Waals surface area contributed by atoms with Crippen molar-refractivity contribution in [2.45, 2.75) is 13.3 Å². The maximum absolute atomic E-state index is 13.3. The fourth-order valence-electron chi connectivity index (χ4n) is 2.78. The smallest absolute Gasteiger partial charge is 0.259 e. The second-order valence-electron chi connectivity index (χ2n) is 6.08. The van der Waals surface area contributed by atoms with Crippen molar-refractivity contribution >= 4 is 33.3 Å². The maximum Gasteiger partial charge on any atom is 0.259 e. The highest BCUT2D eigenvalue weighted by Gasteiger charge is 2.15. The van der Waals surface area contributed by atoms with Gasteiger partial charge in [0.1, 0.15) is 10.8 Å². The minimum atomic E-state index is -0.355. The van der Waals surface area contributed by atoms with Crippen LogP contribution in [0.5, 0.6) is 0 Å². The van der Waals surface area contributed by atoms with Crippen molar-refractivity contribution in [3.05, 3.63) is 82.2 Å². The lowest BCUT2D eigenvalue weighted by molar-refractivity contribution is 0.102. The average molecular weight is 378 g/mol. The summed E-state index contributed by atoms with van der Waals surface area (Å²) in [5, 5.41) is 12.9. The molecule has 0 atom stereocenters. The highest BCUT2D eigenvalue weighted by molar-refractivity contribution is 7.15. The molecule has 0 unspecified atom stereocenters. The van der Waals surface area contributed by atoms with Gasteiger partial charge < -0.3 is 0 Å². The van der Waals surface area contributed by atoms with E-state index < -0.39 is 0 Å². The molecule has 2 heterocycles. The van der Waals surface area contributed by atoms with Crippen molar-refractivity contribution < 1.29 is 9.18 Å². The molecule has 0 aliphatic heterocycles. The van der Waals surface area contributed by atoms with Crippen molar-refractivity contribution in [3.63, 3.8) is 0 Å². The Morgan fingerprint density at radius 3 is 2.74 bits per heavy atom. The van der Waals surface area contributed by atoms with Gasteiger partial charge in [0.05, 0.1) is 16.8 Å². The Bertz CT molecular complexity index is 1130. The Labute approximate surface area is 158 Å². The number of pyridine rings is 1. The molecular formula is C20H15FN4OS. The van der Waals surface area contributed by atoms with Crippen LogP contribution in [0.4, 0.5) is 9.52 Å². The zero-order valence-corrected chi connectivity index (χ0v) is 15.3. The van der Waals surface area contributed by atoms with Gasteiger partial charge in [-0.2, -0.15) is 0 Å². The molecule has 0 spiro atoms. The molecular weight excluding hydrogens is 363 g/mol. The van der Waals surface area contributed by atoms with Crippen LogP contribution in [0, 0.1) is 12.7 Å². The molecule has 4 aromatic rings. The van der Waals surface area contributed by atoms with Crippen molar-refractivity contribution in [3.8, 4) is 0 Å². The van der Waals surface area contributed by atoms with E-state index in [0.717, 1.165) is 10.6 Å². The molecule has 0 aliphatic rings. The number of aryl methyl sites for hydroxylation is 1. The van der Waals surface area contributed by atoms with Gasteiger partial charge in [0.15, 0.2) is 0 Å². The van der Waals surface area contributed by atoms with E-state index in [1.165, 1.54) is 23.5 Å². The summed E-state index contributed by atoms with van der Waals surface area (Å²) in [6.45, 7) is 1.72. The van der Waals surface area contributed by atoms with E-state index >= 15 is 0 Å². The molecule has 0 radical (unpaired) electrons. The molecule has 1 amide bonds. The summed E-state index contributed by atoms with van der Waals surface area (Å²) < 4.78 is 13.3. The molecule has 134 valence electrons. The third-order valence-corrected chi connectivity index (χ3v) is 4.94. The number of benzene rings is 2. The summed E-state index contributed by atoms with van der Waals surface area (Å²) in [5.74, 6) is -0.667. The number of aromatic nitrogens is 3. The van der Waals surface area contributed by atoms with Crippen molar-refractivity contribution in [1.29, 1.82) is 0 Å². The van der Waals surface area contributed by atoms with Gasteiger partial charge in [-0.3, -0.25) is 15.1 Å². The molecule has 0 aliphatic carbocycles. The van der Waals surface area contributed by atoms with Crippen LogP contribution < -0.4 is 5.32 Å². The van der Waals surface area contributed by atoms with Crippen molar-refractivity contribution in [1.82, 2.24) is 15.2 Å². The molecule has 4 rings (SSSR count). The highest BCUT2D eigenvalue weighted by atomic mass is 32.1. The van der Waals surface area contributed by atoms with Crippen LogP contribution in [-0.4, -0.2) is 21.1 Å². The van der Waals surface area contributed by atoms with Crippen LogP contribution in [0.25, 0.3) is 10.9 Å². The second kappa shape index (κ2) is 7.20. The van der Waals surface area contributed by atoms with Crippen molar-refractivity contribution in [2.75, 3.05) is 5.32 Å². The number of hydrogen-bond acceptors (Lipinski definition) is 5. The largest absolute Gasteiger partial charge is 0.296 e. The first-order valence-corrected chi connectivity index (χ1v) is 9.15. The number of carbonyl (C=O) groups excluding carboxylic acids is 1. The van der Waals surface area contributed by atoms with Crippen LogP contribution in [-0.2, 0) is 6.42 Å². The van der Waals surface area contributed by atoms with E-state index in [1.807, 2.05) is 30.3 Å². The molecule has 0 bridgehead atoms. The number of nitrogens with one attached hydrogen (secondary N) is 1. The van der Waals surface area contributed by atoms with Crippen LogP contribution in [0.15, 0.2) is 54.6 Å². The van der Waals surface area contributed by atoms with Gasteiger partial charge in [-0.1, -0.05) is 41.7 Å². The van der Waals surface area contributed by atoms with Gasteiger partial charge >= 0.3 is 0 Å². The highest BCUT2D eigenvalue weighted by Crippen LogP contribution is 2.22. The predicted octanol–water partition coefficient (Wildman–Crippen LogP) is 4.38. The van der Waals surface area contributed by atoms with Crippen LogP contribution >= 0.6 is 11.3 Å². The number of amides is 1. The fraction of sp³-hybridized carbons (Fsp3) is 0.100. The first kappa shape index (κ1) is 17.2. The zero-order valence-electron chi connectivity index (χ0n) is 14.4. The van der Waals surface area contributed by atoms with E-state index in [4.69, 9.17) is 0 Å².